The van der Waals surface area contributed by atoms with Gasteiger partial charge in [-0.2, -0.15) is 0 Å². The van der Waals surface area contributed by atoms with Crippen molar-refractivity contribution in [1.82, 2.24) is 15.3 Å². The first-order valence-corrected chi connectivity index (χ1v) is 14.7. The minimum Gasteiger partial charge on any atom is -0.356 e. The third-order valence-corrected chi connectivity index (χ3v) is 8.46. The van der Waals surface area contributed by atoms with Crippen molar-refractivity contribution >= 4 is 5.82 Å². The van der Waals surface area contributed by atoms with Gasteiger partial charge in [-0.25, -0.2) is 9.97 Å². The van der Waals surface area contributed by atoms with Crippen LogP contribution in [0.1, 0.15) is 91.9 Å². The largest absolute Gasteiger partial charge is 0.356 e. The first-order chi connectivity index (χ1) is 18.2. The van der Waals surface area contributed by atoms with Gasteiger partial charge in [0.15, 0.2) is 5.82 Å². The minimum absolute atomic E-state index is 0.454. The highest BCUT2D eigenvalue weighted by molar-refractivity contribution is 5.68. The van der Waals surface area contributed by atoms with Gasteiger partial charge in [0.1, 0.15) is 5.82 Å². The van der Waals surface area contributed by atoms with E-state index in [-0.39, 0.29) is 0 Å². The Balaban J connectivity index is 1.46. The summed E-state index contributed by atoms with van der Waals surface area (Å²) in [5.74, 6) is 2.10. The van der Waals surface area contributed by atoms with Crippen molar-refractivity contribution in [2.45, 2.75) is 91.0 Å². The van der Waals surface area contributed by atoms with Gasteiger partial charge in [-0.05, 0) is 87.1 Å². The van der Waals surface area contributed by atoms with E-state index in [1.165, 1.54) is 84.1 Å². The van der Waals surface area contributed by atoms with E-state index >= 15 is 0 Å². The lowest BCUT2D eigenvalue weighted by Gasteiger charge is -2.28. The molecule has 0 saturated carbocycles. The zero-order valence-electron chi connectivity index (χ0n) is 23.2. The molecule has 5 rings (SSSR count). The molecule has 0 spiro atoms. The first-order valence-electron chi connectivity index (χ1n) is 14.7. The second-order valence-corrected chi connectivity index (χ2v) is 10.8. The SMILES string of the molecule is CCc1cccc(CC)c1-c1nc(C)c(CCN[C@H]2CCCc3ccccc32)c(N2CCCCCC2)n1. The predicted molar refractivity (Wildman–Crippen MR) is 155 cm³/mol. The second kappa shape index (κ2) is 12.2. The molecule has 1 N–H and O–H groups in total. The summed E-state index contributed by atoms with van der Waals surface area (Å²) in [5, 5.41) is 3.90. The Morgan fingerprint density at radius 2 is 1.59 bits per heavy atom. The van der Waals surface area contributed by atoms with Crippen LogP contribution in [-0.4, -0.2) is 29.6 Å². The first kappa shape index (κ1) is 25.9. The van der Waals surface area contributed by atoms with E-state index in [0.717, 1.165) is 50.4 Å². The van der Waals surface area contributed by atoms with Crippen molar-refractivity contribution in [3.8, 4) is 11.4 Å². The van der Waals surface area contributed by atoms with E-state index in [2.05, 4.69) is 73.5 Å². The number of benzene rings is 2. The second-order valence-electron chi connectivity index (χ2n) is 10.8. The van der Waals surface area contributed by atoms with Gasteiger partial charge >= 0.3 is 0 Å². The number of nitrogens with zero attached hydrogens (tertiary/aromatic N) is 3. The number of aryl methyl sites for hydroxylation is 4. The molecule has 2 heterocycles. The Kier molecular flexibility index (Phi) is 8.55. The van der Waals surface area contributed by atoms with Crippen LogP contribution in [0.3, 0.4) is 0 Å². The van der Waals surface area contributed by atoms with Crippen molar-refractivity contribution in [3.05, 3.63) is 76.0 Å². The number of fused-ring (bicyclic) bond motifs is 1. The average Bonchev–Trinajstić information content (AvgIpc) is 3.23. The molecule has 0 unspecified atom stereocenters. The van der Waals surface area contributed by atoms with Crippen LogP contribution in [0.15, 0.2) is 42.5 Å². The normalized spacial score (nSPS) is 17.9. The predicted octanol–water partition coefficient (Wildman–Crippen LogP) is 7.17. The fraction of sp³-hybridized carbons (Fsp3) is 0.515. The summed E-state index contributed by atoms with van der Waals surface area (Å²) in [6, 6.07) is 16.1. The van der Waals surface area contributed by atoms with E-state index in [1.807, 2.05) is 0 Å². The van der Waals surface area contributed by atoms with Crippen molar-refractivity contribution in [3.63, 3.8) is 0 Å². The van der Waals surface area contributed by atoms with E-state index in [0.29, 0.717) is 6.04 Å². The Morgan fingerprint density at radius 1 is 0.865 bits per heavy atom. The third kappa shape index (κ3) is 5.75. The zero-order chi connectivity index (χ0) is 25.6. The van der Waals surface area contributed by atoms with Crippen LogP contribution in [0.4, 0.5) is 5.82 Å². The van der Waals surface area contributed by atoms with Crippen molar-refractivity contribution in [1.29, 1.82) is 0 Å². The number of aromatic nitrogens is 2. The van der Waals surface area contributed by atoms with E-state index in [4.69, 9.17) is 9.97 Å². The minimum atomic E-state index is 0.454. The van der Waals surface area contributed by atoms with Crippen molar-refractivity contribution < 1.29 is 0 Å². The molecule has 3 aromatic rings. The van der Waals surface area contributed by atoms with Gasteiger partial charge in [-0.1, -0.05) is 69.2 Å². The molecule has 1 aliphatic carbocycles. The Labute approximate surface area is 223 Å². The lowest BCUT2D eigenvalue weighted by Crippen LogP contribution is -2.30. The monoisotopic (exact) mass is 496 g/mol. The molecule has 2 aliphatic rings. The summed E-state index contributed by atoms with van der Waals surface area (Å²) in [4.78, 5) is 13.1. The third-order valence-electron chi connectivity index (χ3n) is 8.46. The summed E-state index contributed by atoms with van der Waals surface area (Å²) in [7, 11) is 0. The lowest BCUT2D eigenvalue weighted by atomic mass is 9.87. The number of hydrogen-bond acceptors (Lipinski definition) is 4. The molecule has 4 nitrogen and oxygen atoms in total. The van der Waals surface area contributed by atoms with E-state index in [1.54, 1.807) is 0 Å². The van der Waals surface area contributed by atoms with Crippen LogP contribution in [0.25, 0.3) is 11.4 Å². The molecule has 0 bridgehead atoms. The van der Waals surface area contributed by atoms with Gasteiger partial charge in [0.25, 0.3) is 0 Å². The van der Waals surface area contributed by atoms with Gasteiger partial charge in [0.2, 0.25) is 0 Å². The van der Waals surface area contributed by atoms with Crippen LogP contribution in [-0.2, 0) is 25.7 Å². The molecule has 1 saturated heterocycles. The Morgan fingerprint density at radius 3 is 2.32 bits per heavy atom. The standard InChI is InChI=1S/C33H44N4/c1-4-25-15-12-16-26(5-2)31(25)32-35-24(3)28(33(36-32)37-22-10-6-7-11-23-37)20-21-34-30-19-13-17-27-14-8-9-18-29(27)30/h8-9,12,14-16,18,30,34H,4-7,10-11,13,17,19-23H2,1-3H3/t30-/m0/s1. The summed E-state index contributed by atoms with van der Waals surface area (Å²) in [6.07, 6.45) is 11.8. The quantitative estimate of drug-likeness (QED) is 0.359. The Bertz CT molecular complexity index is 1170. The summed E-state index contributed by atoms with van der Waals surface area (Å²) in [5.41, 5.74) is 9.44. The molecule has 0 radical (unpaired) electrons. The molecule has 196 valence electrons. The molecule has 37 heavy (non-hydrogen) atoms. The number of hydrogen-bond donors (Lipinski definition) is 1. The maximum absolute atomic E-state index is 5.37. The molecule has 1 aromatic heterocycles. The van der Waals surface area contributed by atoms with Crippen LogP contribution in [0.2, 0.25) is 0 Å². The fourth-order valence-corrected chi connectivity index (χ4v) is 6.40. The van der Waals surface area contributed by atoms with Crippen LogP contribution >= 0.6 is 0 Å². The molecular weight excluding hydrogens is 452 g/mol. The highest BCUT2D eigenvalue weighted by Crippen LogP contribution is 2.33. The summed E-state index contributed by atoms with van der Waals surface area (Å²) in [6.45, 7) is 9.84. The van der Waals surface area contributed by atoms with Crippen molar-refractivity contribution in [2.75, 3.05) is 24.5 Å². The highest BCUT2D eigenvalue weighted by atomic mass is 15.2. The molecule has 1 aliphatic heterocycles. The molecular formula is C33H44N4. The van der Waals surface area contributed by atoms with Crippen LogP contribution in [0, 0.1) is 6.92 Å². The van der Waals surface area contributed by atoms with Gasteiger partial charge in [-0.3, -0.25) is 0 Å². The molecule has 1 fully saturated rings. The lowest BCUT2D eigenvalue weighted by molar-refractivity contribution is 0.462. The summed E-state index contributed by atoms with van der Waals surface area (Å²) >= 11 is 0. The smallest absolute Gasteiger partial charge is 0.162 e. The number of rotatable bonds is 8. The average molecular weight is 497 g/mol. The molecule has 1 atom stereocenters. The van der Waals surface area contributed by atoms with E-state index in [9.17, 15) is 0 Å². The maximum atomic E-state index is 5.37. The van der Waals surface area contributed by atoms with Gasteiger partial charge in [0, 0.05) is 36.0 Å². The zero-order valence-corrected chi connectivity index (χ0v) is 23.2. The fourth-order valence-electron chi connectivity index (χ4n) is 6.40. The van der Waals surface area contributed by atoms with Crippen molar-refractivity contribution in [2.24, 2.45) is 0 Å². The molecule has 2 aromatic carbocycles. The van der Waals surface area contributed by atoms with Crippen LogP contribution in [0.5, 0.6) is 0 Å². The summed E-state index contributed by atoms with van der Waals surface area (Å²) < 4.78 is 0. The van der Waals surface area contributed by atoms with Gasteiger partial charge in [-0.15, -0.1) is 0 Å². The number of anilines is 1. The molecule has 0 amide bonds. The number of nitrogens with one attached hydrogen (secondary N) is 1. The van der Waals surface area contributed by atoms with E-state index < -0.39 is 0 Å². The Hall–Kier alpha value is -2.72. The highest BCUT2D eigenvalue weighted by Gasteiger charge is 2.23. The maximum Gasteiger partial charge on any atom is 0.162 e. The topological polar surface area (TPSA) is 41.1 Å². The van der Waals surface area contributed by atoms with Crippen LogP contribution < -0.4 is 10.2 Å². The van der Waals surface area contributed by atoms with Gasteiger partial charge in [0.05, 0.1) is 0 Å². The molecule has 4 heteroatoms. The van der Waals surface area contributed by atoms with Gasteiger partial charge < -0.3 is 10.2 Å².